The molecule has 0 atom stereocenters. The van der Waals surface area contributed by atoms with Crippen molar-refractivity contribution in [2.75, 3.05) is 31.5 Å². The number of carbonyl (C=O) groups is 2. The highest BCUT2D eigenvalue weighted by Gasteiger charge is 2.10. The summed E-state index contributed by atoms with van der Waals surface area (Å²) in [6, 6.07) is 14.4. The lowest BCUT2D eigenvalue weighted by molar-refractivity contribution is 0.0950. The van der Waals surface area contributed by atoms with E-state index in [-0.39, 0.29) is 11.8 Å². The average molecular weight is 446 g/mol. The van der Waals surface area contributed by atoms with E-state index in [4.69, 9.17) is 0 Å². The summed E-state index contributed by atoms with van der Waals surface area (Å²) in [5.74, 6) is -0.280. The van der Waals surface area contributed by atoms with Crippen molar-refractivity contribution < 1.29 is 9.59 Å². The SMILES string of the molecule is CCN(CC)CCCNC(=O)c1ccnc(Cc2cccc(C(=O)Nc3ccncc3)c2)c1. The van der Waals surface area contributed by atoms with Gasteiger partial charge < -0.3 is 15.5 Å². The Hall–Kier alpha value is -3.58. The molecule has 172 valence electrons. The van der Waals surface area contributed by atoms with Gasteiger partial charge in [0.2, 0.25) is 0 Å². The van der Waals surface area contributed by atoms with Gasteiger partial charge in [-0.05, 0) is 68.0 Å². The van der Waals surface area contributed by atoms with E-state index in [0.717, 1.165) is 37.3 Å². The van der Waals surface area contributed by atoms with Gasteiger partial charge in [-0.25, -0.2) is 0 Å². The summed E-state index contributed by atoms with van der Waals surface area (Å²) in [5.41, 5.74) is 3.57. The predicted octanol–water partition coefficient (Wildman–Crippen LogP) is 3.78. The molecule has 0 saturated heterocycles. The largest absolute Gasteiger partial charge is 0.352 e. The molecule has 2 heterocycles. The summed E-state index contributed by atoms with van der Waals surface area (Å²) in [6.45, 7) is 7.93. The molecule has 1 aromatic carbocycles. The van der Waals surface area contributed by atoms with Crippen molar-refractivity contribution in [2.45, 2.75) is 26.7 Å². The molecule has 0 fully saturated rings. The van der Waals surface area contributed by atoms with Crippen LogP contribution in [0.1, 0.15) is 52.2 Å². The average Bonchev–Trinajstić information content (AvgIpc) is 2.85. The summed E-state index contributed by atoms with van der Waals surface area (Å²) in [5, 5.41) is 5.85. The number of hydrogen-bond acceptors (Lipinski definition) is 5. The lowest BCUT2D eigenvalue weighted by atomic mass is 10.0. The van der Waals surface area contributed by atoms with Gasteiger partial charge in [-0.1, -0.05) is 26.0 Å². The Morgan fingerprint density at radius 1 is 0.909 bits per heavy atom. The molecule has 0 saturated carbocycles. The molecular weight excluding hydrogens is 414 g/mol. The van der Waals surface area contributed by atoms with Crippen LogP contribution in [0.2, 0.25) is 0 Å². The smallest absolute Gasteiger partial charge is 0.255 e. The first-order valence-electron chi connectivity index (χ1n) is 11.3. The van der Waals surface area contributed by atoms with E-state index in [1.807, 2.05) is 24.3 Å². The maximum absolute atomic E-state index is 12.6. The lowest BCUT2D eigenvalue weighted by Gasteiger charge is -2.17. The van der Waals surface area contributed by atoms with Crippen LogP contribution in [-0.2, 0) is 6.42 Å². The third kappa shape index (κ3) is 7.50. The van der Waals surface area contributed by atoms with Gasteiger partial charge in [0.05, 0.1) is 0 Å². The fourth-order valence-corrected chi connectivity index (χ4v) is 3.53. The van der Waals surface area contributed by atoms with Gasteiger partial charge >= 0.3 is 0 Å². The topological polar surface area (TPSA) is 87.2 Å². The second-order valence-electron chi connectivity index (χ2n) is 7.74. The molecule has 2 amide bonds. The zero-order valence-electron chi connectivity index (χ0n) is 19.3. The predicted molar refractivity (Wildman–Crippen MR) is 130 cm³/mol. The molecule has 7 nitrogen and oxygen atoms in total. The standard InChI is InChI=1S/C26H31N5O2/c1-3-31(4-2)16-6-12-29-25(32)22-9-15-28-24(19-22)18-20-7-5-8-21(17-20)26(33)30-23-10-13-27-14-11-23/h5,7-11,13-15,17,19H,3-4,6,12,16,18H2,1-2H3,(H,29,32)(H,27,30,33). The van der Waals surface area contributed by atoms with Crippen molar-refractivity contribution in [3.05, 3.63) is 89.5 Å². The number of hydrogen-bond donors (Lipinski definition) is 2. The van der Waals surface area contributed by atoms with Crippen LogP contribution in [0.25, 0.3) is 0 Å². The van der Waals surface area contributed by atoms with Gasteiger partial charge in [0.1, 0.15) is 0 Å². The fraction of sp³-hybridized carbons (Fsp3) is 0.308. The molecule has 3 aromatic rings. The van der Waals surface area contributed by atoms with E-state index >= 15 is 0 Å². The first-order chi connectivity index (χ1) is 16.1. The number of pyridine rings is 2. The minimum atomic E-state index is -0.186. The quantitative estimate of drug-likeness (QED) is 0.439. The Morgan fingerprint density at radius 2 is 1.67 bits per heavy atom. The Bertz CT molecular complexity index is 1050. The number of carbonyl (C=O) groups excluding carboxylic acids is 2. The summed E-state index contributed by atoms with van der Waals surface area (Å²) >= 11 is 0. The van der Waals surface area contributed by atoms with Crippen molar-refractivity contribution in [2.24, 2.45) is 0 Å². The highest BCUT2D eigenvalue weighted by molar-refractivity contribution is 6.04. The van der Waals surface area contributed by atoms with Gasteiger partial charge in [-0.15, -0.1) is 0 Å². The molecule has 33 heavy (non-hydrogen) atoms. The summed E-state index contributed by atoms with van der Waals surface area (Å²) in [6.07, 6.45) is 6.36. The second kappa shape index (κ2) is 12.5. The molecule has 0 bridgehead atoms. The van der Waals surface area contributed by atoms with Gasteiger partial charge in [0, 0.05) is 54.1 Å². The number of nitrogens with one attached hydrogen (secondary N) is 2. The molecule has 7 heteroatoms. The highest BCUT2D eigenvalue weighted by Crippen LogP contribution is 2.13. The molecule has 0 spiro atoms. The number of aromatic nitrogens is 2. The molecule has 0 unspecified atom stereocenters. The first-order valence-corrected chi connectivity index (χ1v) is 11.3. The maximum Gasteiger partial charge on any atom is 0.255 e. The van der Waals surface area contributed by atoms with Crippen molar-refractivity contribution in [3.63, 3.8) is 0 Å². The van der Waals surface area contributed by atoms with Crippen LogP contribution < -0.4 is 10.6 Å². The number of rotatable bonds is 11. The van der Waals surface area contributed by atoms with E-state index in [2.05, 4.69) is 39.3 Å². The number of anilines is 1. The normalized spacial score (nSPS) is 10.8. The van der Waals surface area contributed by atoms with Crippen LogP contribution in [-0.4, -0.2) is 52.9 Å². The Morgan fingerprint density at radius 3 is 2.42 bits per heavy atom. The zero-order chi connectivity index (χ0) is 23.5. The van der Waals surface area contributed by atoms with Crippen molar-refractivity contribution in [1.82, 2.24) is 20.2 Å². The second-order valence-corrected chi connectivity index (χ2v) is 7.74. The van der Waals surface area contributed by atoms with Crippen LogP contribution in [0.3, 0.4) is 0 Å². The number of nitrogens with zero attached hydrogens (tertiary/aromatic N) is 3. The maximum atomic E-state index is 12.6. The third-order valence-corrected chi connectivity index (χ3v) is 5.42. The molecule has 0 aliphatic carbocycles. The van der Waals surface area contributed by atoms with E-state index in [9.17, 15) is 9.59 Å². The van der Waals surface area contributed by atoms with E-state index in [1.54, 1.807) is 42.9 Å². The minimum absolute atomic E-state index is 0.0938. The summed E-state index contributed by atoms with van der Waals surface area (Å²) in [4.78, 5) is 35.8. The third-order valence-electron chi connectivity index (χ3n) is 5.42. The van der Waals surface area contributed by atoms with Gasteiger partial charge in [-0.3, -0.25) is 19.6 Å². The van der Waals surface area contributed by atoms with Crippen LogP contribution in [0.15, 0.2) is 67.1 Å². The molecule has 2 N–H and O–H groups in total. The van der Waals surface area contributed by atoms with E-state index in [0.29, 0.717) is 29.8 Å². The van der Waals surface area contributed by atoms with Gasteiger partial charge in [0.15, 0.2) is 0 Å². The fourth-order valence-electron chi connectivity index (χ4n) is 3.53. The molecule has 0 aliphatic heterocycles. The molecule has 0 radical (unpaired) electrons. The zero-order valence-corrected chi connectivity index (χ0v) is 19.3. The molecule has 0 aliphatic rings. The van der Waals surface area contributed by atoms with E-state index < -0.39 is 0 Å². The Labute approximate surface area is 195 Å². The molecular formula is C26H31N5O2. The number of amides is 2. The summed E-state index contributed by atoms with van der Waals surface area (Å²) in [7, 11) is 0. The van der Waals surface area contributed by atoms with Crippen molar-refractivity contribution in [1.29, 1.82) is 0 Å². The van der Waals surface area contributed by atoms with Crippen LogP contribution in [0, 0.1) is 0 Å². The van der Waals surface area contributed by atoms with Crippen molar-refractivity contribution in [3.8, 4) is 0 Å². The first kappa shape index (κ1) is 24.1. The van der Waals surface area contributed by atoms with Crippen LogP contribution in [0.4, 0.5) is 5.69 Å². The van der Waals surface area contributed by atoms with Gasteiger partial charge in [-0.2, -0.15) is 0 Å². The van der Waals surface area contributed by atoms with Gasteiger partial charge in [0.25, 0.3) is 11.8 Å². The Balaban J connectivity index is 1.58. The minimum Gasteiger partial charge on any atom is -0.352 e. The summed E-state index contributed by atoms with van der Waals surface area (Å²) < 4.78 is 0. The van der Waals surface area contributed by atoms with E-state index in [1.165, 1.54) is 0 Å². The number of benzene rings is 1. The van der Waals surface area contributed by atoms with Crippen LogP contribution in [0.5, 0.6) is 0 Å². The van der Waals surface area contributed by atoms with Crippen molar-refractivity contribution >= 4 is 17.5 Å². The highest BCUT2D eigenvalue weighted by atomic mass is 16.2. The van der Waals surface area contributed by atoms with Crippen LogP contribution >= 0.6 is 0 Å². The molecule has 2 aromatic heterocycles. The Kier molecular flexibility index (Phi) is 9.08. The monoisotopic (exact) mass is 445 g/mol. The molecule has 3 rings (SSSR count). The lowest BCUT2D eigenvalue weighted by Crippen LogP contribution is -2.30.